The van der Waals surface area contributed by atoms with Crippen LogP contribution in [0.5, 0.6) is 0 Å². The topological polar surface area (TPSA) is 84.2 Å². The average Bonchev–Trinajstić information content (AvgIpc) is 2.78. The van der Waals surface area contributed by atoms with E-state index >= 15 is 0 Å². The van der Waals surface area contributed by atoms with Gasteiger partial charge in [-0.25, -0.2) is 4.98 Å². The molecule has 0 radical (unpaired) electrons. The molecular formula is C15H21N3O3S. The van der Waals surface area contributed by atoms with Crippen LogP contribution in [0.2, 0.25) is 0 Å². The van der Waals surface area contributed by atoms with E-state index < -0.39 is 5.60 Å². The summed E-state index contributed by atoms with van der Waals surface area (Å²) < 4.78 is 1.40. The Kier molecular flexibility index (Phi) is 4.39. The summed E-state index contributed by atoms with van der Waals surface area (Å²) in [5.74, 6) is -0.270. The van der Waals surface area contributed by atoms with Gasteiger partial charge in [0.2, 0.25) is 0 Å². The smallest absolute Gasteiger partial charge is 0.262 e. The molecule has 1 unspecified atom stereocenters. The molecular weight excluding hydrogens is 302 g/mol. The van der Waals surface area contributed by atoms with Crippen LogP contribution in [0.4, 0.5) is 0 Å². The van der Waals surface area contributed by atoms with E-state index in [1.807, 2.05) is 13.8 Å². The standard InChI is InChI=1S/C15H21N3O3S/c1-8(2)15(4,21)6-16-12(19)11-9(3)10-13(22-11)17-7-18(5)14(10)20/h7-8,21H,6H2,1-5H3,(H,16,19). The molecule has 2 aromatic heterocycles. The molecule has 22 heavy (non-hydrogen) atoms. The van der Waals surface area contributed by atoms with Crippen LogP contribution in [-0.2, 0) is 7.05 Å². The monoisotopic (exact) mass is 323 g/mol. The van der Waals surface area contributed by atoms with Gasteiger partial charge in [0.25, 0.3) is 11.5 Å². The highest BCUT2D eigenvalue weighted by molar-refractivity contribution is 7.20. The number of aryl methyl sites for hydroxylation is 2. The number of hydrogen-bond acceptors (Lipinski definition) is 5. The van der Waals surface area contributed by atoms with E-state index in [1.165, 1.54) is 22.2 Å². The molecule has 0 saturated heterocycles. The molecule has 0 aliphatic heterocycles. The quantitative estimate of drug-likeness (QED) is 0.892. The lowest BCUT2D eigenvalue weighted by Gasteiger charge is -2.27. The summed E-state index contributed by atoms with van der Waals surface area (Å²) in [7, 11) is 1.63. The van der Waals surface area contributed by atoms with E-state index in [2.05, 4.69) is 10.3 Å². The van der Waals surface area contributed by atoms with Gasteiger partial charge in [0.15, 0.2) is 0 Å². The van der Waals surface area contributed by atoms with E-state index in [0.717, 1.165) is 0 Å². The molecule has 2 aromatic rings. The summed E-state index contributed by atoms with van der Waals surface area (Å²) in [6.45, 7) is 7.38. The van der Waals surface area contributed by atoms with E-state index in [-0.39, 0.29) is 23.9 Å². The molecule has 1 amide bonds. The fraction of sp³-hybridized carbons (Fsp3) is 0.533. The summed E-state index contributed by atoms with van der Waals surface area (Å²) in [5.41, 5.74) is -0.503. The highest BCUT2D eigenvalue weighted by Crippen LogP contribution is 2.26. The fourth-order valence-corrected chi connectivity index (χ4v) is 3.02. The second kappa shape index (κ2) is 5.81. The van der Waals surface area contributed by atoms with E-state index in [1.54, 1.807) is 20.9 Å². The SMILES string of the molecule is Cc1c(C(=O)NCC(C)(O)C(C)C)sc2ncn(C)c(=O)c12. The predicted octanol–water partition coefficient (Wildman–Crippen LogP) is 1.44. The summed E-state index contributed by atoms with van der Waals surface area (Å²) in [6.07, 6.45) is 1.45. The molecule has 2 N–H and O–H groups in total. The van der Waals surface area contributed by atoms with Crippen LogP contribution in [0.15, 0.2) is 11.1 Å². The Balaban J connectivity index is 2.32. The average molecular weight is 323 g/mol. The van der Waals surface area contributed by atoms with Gasteiger partial charge in [0, 0.05) is 13.6 Å². The van der Waals surface area contributed by atoms with Crippen molar-refractivity contribution in [1.29, 1.82) is 0 Å². The number of carbonyl (C=O) groups excluding carboxylic acids is 1. The van der Waals surface area contributed by atoms with Crippen molar-refractivity contribution in [2.75, 3.05) is 6.54 Å². The third-order valence-electron chi connectivity index (χ3n) is 4.07. The highest BCUT2D eigenvalue weighted by Gasteiger charge is 2.26. The van der Waals surface area contributed by atoms with E-state index in [4.69, 9.17) is 0 Å². The zero-order chi connectivity index (χ0) is 16.7. The Bertz CT molecular complexity index is 774. The molecule has 0 saturated carbocycles. The van der Waals surface area contributed by atoms with Crippen molar-refractivity contribution < 1.29 is 9.90 Å². The van der Waals surface area contributed by atoms with Crippen LogP contribution in [0, 0.1) is 12.8 Å². The number of thiophene rings is 1. The van der Waals surface area contributed by atoms with Crippen LogP contribution >= 0.6 is 11.3 Å². The number of nitrogens with zero attached hydrogens (tertiary/aromatic N) is 2. The minimum Gasteiger partial charge on any atom is -0.388 e. The lowest BCUT2D eigenvalue weighted by atomic mass is 9.92. The van der Waals surface area contributed by atoms with Crippen LogP contribution in [0.3, 0.4) is 0 Å². The molecule has 0 spiro atoms. The lowest BCUT2D eigenvalue weighted by Crippen LogP contribution is -2.44. The number of amides is 1. The first-order valence-electron chi connectivity index (χ1n) is 7.10. The third kappa shape index (κ3) is 2.91. The van der Waals surface area contributed by atoms with Gasteiger partial charge in [-0.3, -0.25) is 9.59 Å². The van der Waals surface area contributed by atoms with Crippen LogP contribution < -0.4 is 10.9 Å². The van der Waals surface area contributed by atoms with Crippen molar-refractivity contribution in [1.82, 2.24) is 14.9 Å². The largest absolute Gasteiger partial charge is 0.388 e. The Hall–Kier alpha value is -1.73. The molecule has 0 bridgehead atoms. The Morgan fingerprint density at radius 1 is 1.55 bits per heavy atom. The zero-order valence-corrected chi connectivity index (χ0v) is 14.2. The minimum absolute atomic E-state index is 0.0188. The van der Waals surface area contributed by atoms with Gasteiger partial charge in [0.05, 0.1) is 22.2 Å². The summed E-state index contributed by atoms with van der Waals surface area (Å²) in [5, 5.41) is 13.4. The molecule has 0 aliphatic rings. The van der Waals surface area contributed by atoms with Crippen molar-refractivity contribution in [3.05, 3.63) is 27.1 Å². The predicted molar refractivity (Wildman–Crippen MR) is 87.4 cm³/mol. The molecule has 7 heteroatoms. The van der Waals surface area contributed by atoms with Crippen molar-refractivity contribution >= 4 is 27.5 Å². The molecule has 0 fully saturated rings. The van der Waals surface area contributed by atoms with Gasteiger partial charge in [-0.2, -0.15) is 0 Å². The minimum atomic E-state index is -0.978. The Morgan fingerprint density at radius 3 is 2.77 bits per heavy atom. The van der Waals surface area contributed by atoms with Crippen molar-refractivity contribution in [2.24, 2.45) is 13.0 Å². The zero-order valence-electron chi connectivity index (χ0n) is 13.4. The summed E-state index contributed by atoms with van der Waals surface area (Å²) >= 11 is 1.20. The number of nitrogens with one attached hydrogen (secondary N) is 1. The number of rotatable bonds is 4. The maximum Gasteiger partial charge on any atom is 0.262 e. The second-order valence-corrected chi connectivity index (χ2v) is 7.09. The van der Waals surface area contributed by atoms with Crippen molar-refractivity contribution in [2.45, 2.75) is 33.3 Å². The van der Waals surface area contributed by atoms with E-state index in [9.17, 15) is 14.7 Å². The normalized spacial score (nSPS) is 14.3. The first kappa shape index (κ1) is 16.6. The fourth-order valence-electron chi connectivity index (χ4n) is 1.97. The number of hydrogen-bond donors (Lipinski definition) is 2. The Morgan fingerprint density at radius 2 is 2.18 bits per heavy atom. The number of fused-ring (bicyclic) bond motifs is 1. The third-order valence-corrected chi connectivity index (χ3v) is 5.27. The molecule has 2 heterocycles. The molecule has 120 valence electrons. The van der Waals surface area contributed by atoms with Crippen molar-refractivity contribution in [3.63, 3.8) is 0 Å². The first-order valence-corrected chi connectivity index (χ1v) is 7.92. The van der Waals surface area contributed by atoms with Crippen LogP contribution in [0.1, 0.15) is 36.0 Å². The molecule has 0 aromatic carbocycles. The van der Waals surface area contributed by atoms with E-state index in [0.29, 0.717) is 20.7 Å². The van der Waals surface area contributed by atoms with Crippen LogP contribution in [0.25, 0.3) is 10.2 Å². The molecule has 6 nitrogen and oxygen atoms in total. The van der Waals surface area contributed by atoms with Gasteiger partial charge in [-0.15, -0.1) is 11.3 Å². The number of aromatic nitrogens is 2. The lowest BCUT2D eigenvalue weighted by molar-refractivity contribution is 0.0143. The van der Waals surface area contributed by atoms with Crippen molar-refractivity contribution in [3.8, 4) is 0 Å². The second-order valence-electron chi connectivity index (χ2n) is 6.09. The number of aliphatic hydroxyl groups is 1. The van der Waals surface area contributed by atoms with Gasteiger partial charge in [0.1, 0.15) is 4.83 Å². The van der Waals surface area contributed by atoms with Crippen LogP contribution in [-0.4, -0.2) is 32.7 Å². The summed E-state index contributed by atoms with van der Waals surface area (Å²) in [4.78, 5) is 29.7. The first-order chi connectivity index (χ1) is 10.1. The molecule has 2 rings (SSSR count). The summed E-state index contributed by atoms with van der Waals surface area (Å²) in [6, 6.07) is 0. The Labute approximate surface area is 132 Å². The maximum atomic E-state index is 12.4. The van der Waals surface area contributed by atoms with Gasteiger partial charge in [-0.05, 0) is 25.3 Å². The highest BCUT2D eigenvalue weighted by atomic mass is 32.1. The maximum absolute atomic E-state index is 12.4. The molecule has 0 aliphatic carbocycles. The van der Waals surface area contributed by atoms with Gasteiger partial charge in [-0.1, -0.05) is 13.8 Å². The molecule has 1 atom stereocenters. The number of carbonyl (C=O) groups is 1. The van der Waals surface area contributed by atoms with Gasteiger partial charge < -0.3 is 15.0 Å². The van der Waals surface area contributed by atoms with Gasteiger partial charge >= 0.3 is 0 Å².